The largest absolute Gasteiger partial charge is 0.466 e. The Bertz CT molecular complexity index is 230. The molecule has 0 amide bonds. The highest BCUT2D eigenvalue weighted by Gasteiger charge is 2.30. The minimum Gasteiger partial charge on any atom is -0.466 e. The summed E-state index contributed by atoms with van der Waals surface area (Å²) in [6.45, 7) is 7.74. The third-order valence-corrected chi connectivity index (χ3v) is 3.35. The predicted octanol–water partition coefficient (Wildman–Crippen LogP) is 1.03. The van der Waals surface area contributed by atoms with Crippen LogP contribution in [0.1, 0.15) is 33.6 Å². The lowest BCUT2D eigenvalue weighted by Crippen LogP contribution is -2.47. The van der Waals surface area contributed by atoms with Crippen LogP contribution in [0.2, 0.25) is 0 Å². The Morgan fingerprint density at radius 1 is 1.56 bits per heavy atom. The number of esters is 1. The SMILES string of the molecule is CCOC(=O)[C@@H]1CCCN(C(C)C(C)O)C1. The van der Waals surface area contributed by atoms with E-state index in [2.05, 4.69) is 4.90 Å². The van der Waals surface area contributed by atoms with Gasteiger partial charge in [-0.2, -0.15) is 0 Å². The molecule has 1 saturated heterocycles. The summed E-state index contributed by atoms with van der Waals surface area (Å²) in [6.07, 6.45) is 1.54. The number of likely N-dealkylation sites (tertiary alicyclic amines) is 1. The molecule has 0 saturated carbocycles. The van der Waals surface area contributed by atoms with Crippen LogP contribution in [-0.2, 0) is 9.53 Å². The Morgan fingerprint density at radius 2 is 2.25 bits per heavy atom. The smallest absolute Gasteiger partial charge is 0.310 e. The highest BCUT2D eigenvalue weighted by molar-refractivity contribution is 5.72. The first-order valence-electron chi connectivity index (χ1n) is 6.15. The highest BCUT2D eigenvalue weighted by Crippen LogP contribution is 2.20. The topological polar surface area (TPSA) is 49.8 Å². The fourth-order valence-corrected chi connectivity index (χ4v) is 2.13. The molecule has 4 nitrogen and oxygen atoms in total. The van der Waals surface area contributed by atoms with E-state index in [9.17, 15) is 9.90 Å². The Labute approximate surface area is 97.6 Å². The molecule has 1 heterocycles. The third kappa shape index (κ3) is 3.46. The maximum atomic E-state index is 11.6. The van der Waals surface area contributed by atoms with Gasteiger partial charge < -0.3 is 9.84 Å². The molecular weight excluding hydrogens is 206 g/mol. The summed E-state index contributed by atoms with van der Waals surface area (Å²) in [6, 6.07) is 0.109. The molecule has 0 aromatic rings. The zero-order chi connectivity index (χ0) is 12.1. The second kappa shape index (κ2) is 6.21. The van der Waals surface area contributed by atoms with E-state index in [-0.39, 0.29) is 24.0 Å². The molecule has 1 aliphatic rings. The van der Waals surface area contributed by atoms with Crippen molar-refractivity contribution in [2.24, 2.45) is 5.92 Å². The highest BCUT2D eigenvalue weighted by atomic mass is 16.5. The Balaban J connectivity index is 2.50. The molecule has 0 radical (unpaired) electrons. The summed E-state index contributed by atoms with van der Waals surface area (Å²) in [5.74, 6) is -0.111. The minimum atomic E-state index is -0.360. The van der Waals surface area contributed by atoms with Crippen molar-refractivity contribution in [1.29, 1.82) is 0 Å². The van der Waals surface area contributed by atoms with Gasteiger partial charge in [0.1, 0.15) is 0 Å². The fraction of sp³-hybridized carbons (Fsp3) is 0.917. The Kier molecular flexibility index (Phi) is 5.22. The van der Waals surface area contributed by atoms with Crippen molar-refractivity contribution in [3.8, 4) is 0 Å². The molecule has 2 unspecified atom stereocenters. The van der Waals surface area contributed by atoms with Crippen molar-refractivity contribution in [3.05, 3.63) is 0 Å². The molecule has 3 atom stereocenters. The quantitative estimate of drug-likeness (QED) is 0.732. The molecule has 4 heteroatoms. The number of carbonyl (C=O) groups excluding carboxylic acids is 1. The zero-order valence-electron chi connectivity index (χ0n) is 10.5. The van der Waals surface area contributed by atoms with Crippen LogP contribution < -0.4 is 0 Å². The van der Waals surface area contributed by atoms with Crippen molar-refractivity contribution in [1.82, 2.24) is 4.90 Å². The normalized spacial score (nSPS) is 26.1. The number of nitrogens with zero attached hydrogens (tertiary/aromatic N) is 1. The number of hydrogen-bond donors (Lipinski definition) is 1. The number of piperidine rings is 1. The molecular formula is C12H23NO3. The molecule has 1 N–H and O–H groups in total. The number of rotatable bonds is 4. The van der Waals surface area contributed by atoms with Gasteiger partial charge in [-0.25, -0.2) is 0 Å². The van der Waals surface area contributed by atoms with E-state index in [1.807, 2.05) is 13.8 Å². The first-order chi connectivity index (χ1) is 7.56. The first kappa shape index (κ1) is 13.5. The molecule has 0 aromatic carbocycles. The molecule has 94 valence electrons. The minimum absolute atomic E-state index is 0.0186. The van der Waals surface area contributed by atoms with Crippen molar-refractivity contribution >= 4 is 5.97 Å². The van der Waals surface area contributed by atoms with Gasteiger partial charge >= 0.3 is 5.97 Å². The van der Waals surface area contributed by atoms with Gasteiger partial charge in [0, 0.05) is 12.6 Å². The van der Waals surface area contributed by atoms with Gasteiger partial charge in [0.15, 0.2) is 0 Å². The van der Waals surface area contributed by atoms with Gasteiger partial charge in [-0.05, 0) is 40.2 Å². The van der Waals surface area contributed by atoms with Gasteiger partial charge in [-0.1, -0.05) is 0 Å². The number of aliphatic hydroxyl groups excluding tert-OH is 1. The van der Waals surface area contributed by atoms with Crippen LogP contribution in [0.15, 0.2) is 0 Å². The standard InChI is InChI=1S/C12H23NO3/c1-4-16-12(15)11-6-5-7-13(8-11)9(2)10(3)14/h9-11,14H,4-8H2,1-3H3/t9?,10?,11-/m1/s1. The molecule has 0 aromatic heterocycles. The van der Waals surface area contributed by atoms with Crippen LogP contribution in [-0.4, -0.2) is 47.8 Å². The van der Waals surface area contributed by atoms with Crippen LogP contribution in [0.3, 0.4) is 0 Å². The monoisotopic (exact) mass is 229 g/mol. The van der Waals surface area contributed by atoms with Gasteiger partial charge in [0.25, 0.3) is 0 Å². The number of ether oxygens (including phenoxy) is 1. The summed E-state index contributed by atoms with van der Waals surface area (Å²) in [7, 11) is 0. The second-order valence-electron chi connectivity index (χ2n) is 4.57. The van der Waals surface area contributed by atoms with Crippen LogP contribution in [0.4, 0.5) is 0 Å². The maximum absolute atomic E-state index is 11.6. The van der Waals surface area contributed by atoms with Crippen LogP contribution in [0.25, 0.3) is 0 Å². The summed E-state index contributed by atoms with van der Waals surface area (Å²) in [5.41, 5.74) is 0. The van der Waals surface area contributed by atoms with Gasteiger partial charge in [0.05, 0.1) is 18.6 Å². The molecule has 1 aliphatic heterocycles. The Morgan fingerprint density at radius 3 is 2.81 bits per heavy atom. The summed E-state index contributed by atoms with van der Waals surface area (Å²) >= 11 is 0. The van der Waals surface area contributed by atoms with Crippen LogP contribution >= 0.6 is 0 Å². The van der Waals surface area contributed by atoms with E-state index in [1.165, 1.54) is 0 Å². The van der Waals surface area contributed by atoms with Gasteiger partial charge in [-0.15, -0.1) is 0 Å². The number of aliphatic hydroxyl groups is 1. The molecule has 1 fully saturated rings. The van der Waals surface area contributed by atoms with Crippen molar-refractivity contribution in [2.45, 2.75) is 45.8 Å². The molecule has 0 bridgehead atoms. The van der Waals surface area contributed by atoms with Crippen LogP contribution in [0, 0.1) is 5.92 Å². The first-order valence-corrected chi connectivity index (χ1v) is 6.15. The molecule has 1 rings (SSSR count). The zero-order valence-corrected chi connectivity index (χ0v) is 10.5. The summed E-state index contributed by atoms with van der Waals surface area (Å²) in [5, 5.41) is 9.54. The molecule has 16 heavy (non-hydrogen) atoms. The predicted molar refractivity (Wildman–Crippen MR) is 62.1 cm³/mol. The van der Waals surface area contributed by atoms with Gasteiger partial charge in [0.2, 0.25) is 0 Å². The Hall–Kier alpha value is -0.610. The third-order valence-electron chi connectivity index (χ3n) is 3.35. The van der Waals surface area contributed by atoms with Gasteiger partial charge in [-0.3, -0.25) is 9.69 Å². The van der Waals surface area contributed by atoms with E-state index < -0.39 is 0 Å². The summed E-state index contributed by atoms with van der Waals surface area (Å²) in [4.78, 5) is 13.8. The maximum Gasteiger partial charge on any atom is 0.310 e. The van der Waals surface area contributed by atoms with Crippen molar-refractivity contribution < 1.29 is 14.6 Å². The van der Waals surface area contributed by atoms with E-state index >= 15 is 0 Å². The number of carbonyl (C=O) groups is 1. The van der Waals surface area contributed by atoms with Crippen molar-refractivity contribution in [3.63, 3.8) is 0 Å². The molecule has 0 spiro atoms. The molecule has 0 aliphatic carbocycles. The number of hydrogen-bond acceptors (Lipinski definition) is 4. The average Bonchev–Trinajstić information content (AvgIpc) is 2.28. The lowest BCUT2D eigenvalue weighted by molar-refractivity contribution is -0.150. The second-order valence-corrected chi connectivity index (χ2v) is 4.57. The average molecular weight is 229 g/mol. The van der Waals surface area contributed by atoms with Crippen LogP contribution in [0.5, 0.6) is 0 Å². The lowest BCUT2D eigenvalue weighted by atomic mass is 9.96. The van der Waals surface area contributed by atoms with E-state index in [0.717, 1.165) is 19.4 Å². The summed E-state index contributed by atoms with van der Waals surface area (Å²) < 4.78 is 5.04. The van der Waals surface area contributed by atoms with Crippen molar-refractivity contribution in [2.75, 3.05) is 19.7 Å². The fourth-order valence-electron chi connectivity index (χ4n) is 2.13. The van der Waals surface area contributed by atoms with E-state index in [1.54, 1.807) is 6.92 Å². The van der Waals surface area contributed by atoms with E-state index in [4.69, 9.17) is 4.74 Å². The van der Waals surface area contributed by atoms with E-state index in [0.29, 0.717) is 13.2 Å². The lowest BCUT2D eigenvalue weighted by Gasteiger charge is -2.36.